The van der Waals surface area contributed by atoms with Gasteiger partial charge >= 0.3 is 0 Å². The van der Waals surface area contributed by atoms with Gasteiger partial charge in [-0.3, -0.25) is 0 Å². The van der Waals surface area contributed by atoms with Gasteiger partial charge in [-0.1, -0.05) is 12.1 Å². The Morgan fingerprint density at radius 1 is 0.667 bits per heavy atom. The summed E-state index contributed by atoms with van der Waals surface area (Å²) in [6.07, 6.45) is 0. The minimum Gasteiger partial charge on any atom is -0.392 e. The Morgan fingerprint density at radius 3 is 1.83 bits per heavy atom. The minimum absolute atomic E-state index is 0.137. The molecule has 0 aliphatic heterocycles. The average molecular weight is 248 g/mol. The lowest BCUT2D eigenvalue weighted by atomic mass is 9.95. The first-order chi connectivity index (χ1) is 8.74. The zero-order valence-electron chi connectivity index (χ0n) is 9.93. The van der Waals surface area contributed by atoms with E-state index in [1.165, 1.54) is 0 Å². The normalized spacial score (nSPS) is 11.1. The first-order valence-corrected chi connectivity index (χ1v) is 5.74. The summed E-state index contributed by atoms with van der Waals surface area (Å²) in [6.45, 7) is -0.610. The molecule has 0 bridgehead atoms. The molecule has 0 aliphatic carbocycles. The number of hydrogen-bond donors (Lipinski definition) is 4. The van der Waals surface area contributed by atoms with Crippen molar-refractivity contribution >= 4 is 10.8 Å². The van der Waals surface area contributed by atoms with E-state index in [0.717, 1.165) is 10.8 Å². The summed E-state index contributed by atoms with van der Waals surface area (Å²) in [6, 6.07) is 7.14. The Bertz CT molecular complexity index is 561. The van der Waals surface area contributed by atoms with Crippen LogP contribution in [0.15, 0.2) is 24.3 Å². The van der Waals surface area contributed by atoms with Gasteiger partial charge in [0.15, 0.2) is 0 Å². The van der Waals surface area contributed by atoms with E-state index in [4.69, 9.17) is 0 Å². The summed E-state index contributed by atoms with van der Waals surface area (Å²) >= 11 is 0. The van der Waals surface area contributed by atoms with Gasteiger partial charge in [-0.05, 0) is 45.2 Å². The summed E-state index contributed by atoms with van der Waals surface area (Å²) in [4.78, 5) is 0. The lowest BCUT2D eigenvalue weighted by Gasteiger charge is -2.13. The molecule has 0 fully saturated rings. The lowest BCUT2D eigenvalue weighted by Crippen LogP contribution is -1.99. The fraction of sp³-hybridized carbons (Fsp3) is 0.286. The molecule has 18 heavy (non-hydrogen) atoms. The Morgan fingerprint density at radius 2 is 1.28 bits per heavy atom. The zero-order chi connectivity index (χ0) is 13.1. The van der Waals surface area contributed by atoms with Crippen molar-refractivity contribution in [2.75, 3.05) is 0 Å². The van der Waals surface area contributed by atoms with E-state index < -0.39 is 0 Å². The largest absolute Gasteiger partial charge is 0.392 e. The van der Waals surface area contributed by atoms with Crippen LogP contribution in [0.3, 0.4) is 0 Å². The third kappa shape index (κ3) is 2.11. The highest BCUT2D eigenvalue weighted by atomic mass is 16.3. The van der Waals surface area contributed by atoms with Crippen LogP contribution in [0.5, 0.6) is 0 Å². The van der Waals surface area contributed by atoms with Crippen LogP contribution in [-0.2, 0) is 26.4 Å². The van der Waals surface area contributed by atoms with Crippen molar-refractivity contribution in [3.63, 3.8) is 0 Å². The summed E-state index contributed by atoms with van der Waals surface area (Å²) < 4.78 is 0. The molecule has 2 aromatic carbocycles. The maximum absolute atomic E-state index is 9.41. The molecule has 4 nitrogen and oxygen atoms in total. The molecule has 2 rings (SSSR count). The van der Waals surface area contributed by atoms with Gasteiger partial charge in [0, 0.05) is 0 Å². The van der Waals surface area contributed by atoms with Crippen LogP contribution in [0, 0.1) is 0 Å². The zero-order valence-corrected chi connectivity index (χ0v) is 9.93. The molecule has 4 N–H and O–H groups in total. The second-order valence-electron chi connectivity index (χ2n) is 4.18. The smallest absolute Gasteiger partial charge is 0.0691 e. The van der Waals surface area contributed by atoms with Gasteiger partial charge in [-0.2, -0.15) is 0 Å². The quantitative estimate of drug-likeness (QED) is 0.645. The number of fused-ring (bicyclic) bond motifs is 1. The molecule has 2 aromatic rings. The molecule has 0 saturated heterocycles. The van der Waals surface area contributed by atoms with Gasteiger partial charge < -0.3 is 20.4 Å². The first-order valence-electron chi connectivity index (χ1n) is 5.74. The van der Waals surface area contributed by atoms with Crippen LogP contribution < -0.4 is 0 Å². The van der Waals surface area contributed by atoms with Gasteiger partial charge in [0.1, 0.15) is 0 Å². The molecule has 0 saturated carbocycles. The van der Waals surface area contributed by atoms with E-state index in [9.17, 15) is 20.4 Å². The standard InChI is InChI=1S/C14H16O4/c15-5-10-2-1-9-3-11(6-16)12(7-17)4-13(9)14(10)8-18/h1-4,15-18H,5-8H2. The number of benzene rings is 2. The molecule has 0 atom stereocenters. The Hall–Kier alpha value is -1.46. The third-order valence-electron chi connectivity index (χ3n) is 3.22. The highest BCUT2D eigenvalue weighted by Gasteiger charge is 2.10. The van der Waals surface area contributed by atoms with Gasteiger partial charge in [-0.25, -0.2) is 0 Å². The molecule has 0 amide bonds. The molecule has 0 unspecified atom stereocenters. The summed E-state index contributed by atoms with van der Waals surface area (Å²) in [7, 11) is 0. The van der Waals surface area contributed by atoms with Crippen molar-refractivity contribution in [2.24, 2.45) is 0 Å². The second-order valence-corrected chi connectivity index (χ2v) is 4.18. The Labute approximate surface area is 105 Å². The Balaban J connectivity index is 2.76. The SMILES string of the molecule is OCc1cc2ccc(CO)c(CO)c2cc1CO. The van der Waals surface area contributed by atoms with Gasteiger partial charge in [0.25, 0.3) is 0 Å². The molecule has 0 spiro atoms. The third-order valence-corrected chi connectivity index (χ3v) is 3.22. The van der Waals surface area contributed by atoms with Gasteiger partial charge in [-0.15, -0.1) is 0 Å². The second kappa shape index (κ2) is 5.46. The molecular weight excluding hydrogens is 232 g/mol. The highest BCUT2D eigenvalue weighted by molar-refractivity contribution is 5.88. The number of rotatable bonds is 4. The van der Waals surface area contributed by atoms with Crippen molar-refractivity contribution in [3.05, 3.63) is 46.5 Å². The highest BCUT2D eigenvalue weighted by Crippen LogP contribution is 2.26. The van der Waals surface area contributed by atoms with E-state index in [1.807, 2.05) is 6.07 Å². The van der Waals surface area contributed by atoms with E-state index in [2.05, 4.69) is 0 Å². The van der Waals surface area contributed by atoms with Crippen LogP contribution in [0.1, 0.15) is 22.3 Å². The fourth-order valence-electron chi connectivity index (χ4n) is 2.20. The topological polar surface area (TPSA) is 80.9 Å². The summed E-state index contributed by atoms with van der Waals surface area (Å²) in [5.74, 6) is 0. The van der Waals surface area contributed by atoms with Crippen molar-refractivity contribution < 1.29 is 20.4 Å². The van der Waals surface area contributed by atoms with Crippen LogP contribution >= 0.6 is 0 Å². The van der Waals surface area contributed by atoms with Gasteiger partial charge in [0.05, 0.1) is 26.4 Å². The fourth-order valence-corrected chi connectivity index (χ4v) is 2.20. The van der Waals surface area contributed by atoms with Crippen LogP contribution in [-0.4, -0.2) is 20.4 Å². The molecule has 0 radical (unpaired) electrons. The molecular formula is C14H16O4. The molecule has 0 aliphatic rings. The number of aliphatic hydroxyl groups excluding tert-OH is 4. The van der Waals surface area contributed by atoms with Crippen molar-refractivity contribution in [3.8, 4) is 0 Å². The Kier molecular flexibility index (Phi) is 3.93. The van der Waals surface area contributed by atoms with Gasteiger partial charge in [0.2, 0.25) is 0 Å². The average Bonchev–Trinajstić information content (AvgIpc) is 2.44. The summed E-state index contributed by atoms with van der Waals surface area (Å²) in [5.41, 5.74) is 2.64. The molecule has 96 valence electrons. The lowest BCUT2D eigenvalue weighted by molar-refractivity contribution is 0.259. The predicted octanol–water partition coefficient (Wildman–Crippen LogP) is 0.809. The number of hydrogen-bond acceptors (Lipinski definition) is 4. The summed E-state index contributed by atoms with van der Waals surface area (Å²) in [5, 5.41) is 38.8. The van der Waals surface area contributed by atoms with Crippen LogP contribution in [0.25, 0.3) is 10.8 Å². The van der Waals surface area contributed by atoms with Crippen molar-refractivity contribution in [1.82, 2.24) is 0 Å². The number of aliphatic hydroxyl groups is 4. The monoisotopic (exact) mass is 248 g/mol. The van der Waals surface area contributed by atoms with E-state index >= 15 is 0 Å². The molecule has 4 heteroatoms. The molecule has 0 heterocycles. The van der Waals surface area contributed by atoms with Crippen LogP contribution in [0.4, 0.5) is 0 Å². The molecule has 0 aromatic heterocycles. The minimum atomic E-state index is -0.170. The maximum Gasteiger partial charge on any atom is 0.0691 e. The van der Waals surface area contributed by atoms with Crippen molar-refractivity contribution in [2.45, 2.75) is 26.4 Å². The van der Waals surface area contributed by atoms with E-state index in [0.29, 0.717) is 22.3 Å². The van der Waals surface area contributed by atoms with Crippen LogP contribution in [0.2, 0.25) is 0 Å². The van der Waals surface area contributed by atoms with Crippen molar-refractivity contribution in [1.29, 1.82) is 0 Å². The van der Waals surface area contributed by atoms with E-state index in [1.54, 1.807) is 18.2 Å². The maximum atomic E-state index is 9.41. The van der Waals surface area contributed by atoms with E-state index in [-0.39, 0.29) is 26.4 Å². The predicted molar refractivity (Wildman–Crippen MR) is 67.6 cm³/mol. The first kappa shape index (κ1) is 13.0.